The molecule has 0 heterocycles. The second-order valence-electron chi connectivity index (χ2n) is 5.86. The molecule has 0 radical (unpaired) electrons. The molecule has 6 heteroatoms. The molecule has 1 atom stereocenters. The van der Waals surface area contributed by atoms with Gasteiger partial charge in [-0.3, -0.25) is 0 Å². The van der Waals surface area contributed by atoms with Crippen LogP contribution in [0.5, 0.6) is 0 Å². The summed E-state index contributed by atoms with van der Waals surface area (Å²) in [5.41, 5.74) is -0.452. The van der Waals surface area contributed by atoms with Crippen LogP contribution in [0.3, 0.4) is 0 Å². The lowest BCUT2D eigenvalue weighted by atomic mass is 9.87. The van der Waals surface area contributed by atoms with Crippen LogP contribution in [0.25, 0.3) is 0 Å². The Bertz CT molecular complexity index is 613. The average Bonchev–Trinajstić information content (AvgIpc) is 2.78. The van der Waals surface area contributed by atoms with E-state index in [0.717, 1.165) is 12.3 Å². The third-order valence-electron chi connectivity index (χ3n) is 4.00. The first-order chi connectivity index (χ1) is 8.57. The van der Waals surface area contributed by atoms with Gasteiger partial charge in [0.05, 0.1) is 6.26 Å². The van der Waals surface area contributed by atoms with Crippen LogP contribution in [-0.4, -0.2) is 21.2 Å². The number of hydrogen-bond acceptors (Lipinski definition) is 2. The molecular formula is C13H17F2NO2S. The molecule has 1 aliphatic carbocycles. The molecule has 1 aromatic carbocycles. The van der Waals surface area contributed by atoms with E-state index in [1.165, 1.54) is 12.1 Å². The summed E-state index contributed by atoms with van der Waals surface area (Å²) in [5, 5.41) is 0. The molecule has 0 saturated heterocycles. The Morgan fingerprint density at radius 1 is 1.32 bits per heavy atom. The first-order valence-corrected chi connectivity index (χ1v) is 7.87. The molecule has 0 aromatic heterocycles. The molecule has 3 nitrogen and oxygen atoms in total. The summed E-state index contributed by atoms with van der Waals surface area (Å²) in [5.74, 6) is -1.26. The summed E-state index contributed by atoms with van der Waals surface area (Å²) in [6.45, 7) is 4.01. The summed E-state index contributed by atoms with van der Waals surface area (Å²) in [6, 6.07) is 3.45. The smallest absolute Gasteiger partial charge is 0.208 e. The van der Waals surface area contributed by atoms with Gasteiger partial charge >= 0.3 is 0 Å². The van der Waals surface area contributed by atoms with Gasteiger partial charge < -0.3 is 0 Å². The lowest BCUT2D eigenvalue weighted by molar-refractivity contribution is 0.459. The van der Waals surface area contributed by atoms with Crippen molar-refractivity contribution in [3.8, 4) is 0 Å². The summed E-state index contributed by atoms with van der Waals surface area (Å²) < 4.78 is 51.8. The normalized spacial score (nSPS) is 25.3. The first-order valence-electron chi connectivity index (χ1n) is 5.98. The third-order valence-corrected chi connectivity index (χ3v) is 4.67. The molecule has 1 N–H and O–H groups in total. The third kappa shape index (κ3) is 2.65. The monoisotopic (exact) mass is 289 g/mol. The molecule has 1 aromatic rings. The lowest BCUT2D eigenvalue weighted by Crippen LogP contribution is -2.34. The van der Waals surface area contributed by atoms with Gasteiger partial charge in [-0.05, 0) is 23.5 Å². The fourth-order valence-electron chi connectivity index (χ4n) is 2.70. The van der Waals surface area contributed by atoms with Gasteiger partial charge in [0.15, 0.2) is 0 Å². The van der Waals surface area contributed by atoms with E-state index in [-0.39, 0.29) is 12.0 Å². The van der Waals surface area contributed by atoms with Crippen LogP contribution >= 0.6 is 0 Å². The van der Waals surface area contributed by atoms with E-state index in [1.807, 2.05) is 13.8 Å². The molecule has 1 saturated carbocycles. The standard InChI is InChI=1S/C13H17F2NO2S/c1-12(2)7-13(12,8-16-19(3,17)18)10-5-4-9(14)6-11(10)15/h4-6,16H,7-8H2,1-3H3. The van der Waals surface area contributed by atoms with E-state index in [2.05, 4.69) is 4.72 Å². The lowest BCUT2D eigenvalue weighted by Gasteiger charge is -2.22. The quantitative estimate of drug-likeness (QED) is 0.923. The SMILES string of the molecule is CC1(C)CC1(CNS(C)(=O)=O)c1ccc(F)cc1F. The molecule has 106 valence electrons. The van der Waals surface area contributed by atoms with Gasteiger partial charge in [-0.2, -0.15) is 0 Å². The molecule has 19 heavy (non-hydrogen) atoms. The largest absolute Gasteiger partial charge is 0.215 e. The summed E-state index contributed by atoms with van der Waals surface area (Å²) in [4.78, 5) is 0. The Hall–Kier alpha value is -1.01. The zero-order chi connectivity index (χ0) is 14.5. The van der Waals surface area contributed by atoms with Crippen LogP contribution in [-0.2, 0) is 15.4 Å². The highest BCUT2D eigenvalue weighted by Crippen LogP contribution is 2.64. The van der Waals surface area contributed by atoms with E-state index in [9.17, 15) is 17.2 Å². The van der Waals surface area contributed by atoms with Gasteiger partial charge in [0.25, 0.3) is 0 Å². The minimum absolute atomic E-state index is 0.126. The Labute approximate surface area is 112 Å². The molecule has 0 bridgehead atoms. The number of sulfonamides is 1. The minimum Gasteiger partial charge on any atom is -0.215 e. The van der Waals surface area contributed by atoms with Gasteiger partial charge in [0, 0.05) is 18.0 Å². The van der Waals surface area contributed by atoms with Crippen LogP contribution in [0.1, 0.15) is 25.8 Å². The van der Waals surface area contributed by atoms with E-state index < -0.39 is 27.1 Å². The van der Waals surface area contributed by atoms with Crippen molar-refractivity contribution in [2.45, 2.75) is 25.7 Å². The van der Waals surface area contributed by atoms with E-state index >= 15 is 0 Å². The van der Waals surface area contributed by atoms with Crippen LogP contribution < -0.4 is 4.72 Å². The first kappa shape index (κ1) is 14.4. The molecule has 0 aliphatic heterocycles. The van der Waals surface area contributed by atoms with Crippen molar-refractivity contribution in [2.24, 2.45) is 5.41 Å². The fraction of sp³-hybridized carbons (Fsp3) is 0.538. The number of hydrogen-bond donors (Lipinski definition) is 1. The second kappa shape index (κ2) is 4.24. The van der Waals surface area contributed by atoms with E-state index in [1.54, 1.807) is 0 Å². The van der Waals surface area contributed by atoms with Crippen LogP contribution in [0.4, 0.5) is 8.78 Å². The van der Waals surface area contributed by atoms with Crippen molar-refractivity contribution >= 4 is 10.0 Å². The summed E-state index contributed by atoms with van der Waals surface area (Å²) in [6.07, 6.45) is 1.72. The zero-order valence-corrected chi connectivity index (χ0v) is 11.9. The van der Waals surface area contributed by atoms with Crippen molar-refractivity contribution in [1.29, 1.82) is 0 Å². The molecular weight excluding hydrogens is 272 g/mol. The molecule has 0 spiro atoms. The molecule has 1 aliphatic rings. The maximum atomic E-state index is 13.9. The zero-order valence-electron chi connectivity index (χ0n) is 11.1. The average molecular weight is 289 g/mol. The molecule has 2 rings (SSSR count). The Kier molecular flexibility index (Phi) is 3.22. The fourth-order valence-corrected chi connectivity index (χ4v) is 3.21. The highest BCUT2D eigenvalue weighted by molar-refractivity contribution is 7.88. The van der Waals surface area contributed by atoms with E-state index in [4.69, 9.17) is 0 Å². The van der Waals surface area contributed by atoms with Gasteiger partial charge in [-0.25, -0.2) is 21.9 Å². The van der Waals surface area contributed by atoms with E-state index in [0.29, 0.717) is 12.0 Å². The van der Waals surface area contributed by atoms with Gasteiger partial charge in [0.2, 0.25) is 10.0 Å². The number of nitrogens with one attached hydrogen (secondary N) is 1. The van der Waals surface area contributed by atoms with Crippen LogP contribution in [0.2, 0.25) is 0 Å². The second-order valence-corrected chi connectivity index (χ2v) is 7.69. The van der Waals surface area contributed by atoms with Crippen molar-refractivity contribution in [3.05, 3.63) is 35.4 Å². The van der Waals surface area contributed by atoms with Crippen molar-refractivity contribution in [1.82, 2.24) is 4.72 Å². The summed E-state index contributed by atoms with van der Waals surface area (Å²) >= 11 is 0. The van der Waals surface area contributed by atoms with Gasteiger partial charge in [0.1, 0.15) is 11.6 Å². The predicted octanol–water partition coefficient (Wildman–Crippen LogP) is 2.18. The van der Waals surface area contributed by atoms with Gasteiger partial charge in [-0.15, -0.1) is 0 Å². The van der Waals surface area contributed by atoms with Crippen molar-refractivity contribution < 1.29 is 17.2 Å². The maximum Gasteiger partial charge on any atom is 0.208 e. The molecule has 0 amide bonds. The number of benzene rings is 1. The van der Waals surface area contributed by atoms with Gasteiger partial charge in [-0.1, -0.05) is 19.9 Å². The molecule has 1 fully saturated rings. The number of rotatable bonds is 4. The van der Waals surface area contributed by atoms with Crippen molar-refractivity contribution in [2.75, 3.05) is 12.8 Å². The Morgan fingerprint density at radius 2 is 1.89 bits per heavy atom. The highest BCUT2D eigenvalue weighted by Gasteiger charge is 2.62. The maximum absolute atomic E-state index is 13.9. The minimum atomic E-state index is -3.34. The molecule has 1 unspecified atom stereocenters. The summed E-state index contributed by atoms with van der Waals surface area (Å²) in [7, 11) is -3.34. The highest BCUT2D eigenvalue weighted by atomic mass is 32.2. The number of halogens is 2. The van der Waals surface area contributed by atoms with Crippen LogP contribution in [0, 0.1) is 17.0 Å². The Balaban J connectivity index is 2.36. The Morgan fingerprint density at radius 3 is 2.32 bits per heavy atom. The van der Waals surface area contributed by atoms with Crippen LogP contribution in [0.15, 0.2) is 18.2 Å². The topological polar surface area (TPSA) is 46.2 Å². The van der Waals surface area contributed by atoms with Crippen molar-refractivity contribution in [3.63, 3.8) is 0 Å². The predicted molar refractivity (Wildman–Crippen MR) is 69.3 cm³/mol.